The van der Waals surface area contributed by atoms with Crippen molar-refractivity contribution in [3.05, 3.63) is 41.3 Å². The molecule has 2 atom stereocenters. The molecule has 6 nitrogen and oxygen atoms in total. The highest BCUT2D eigenvalue weighted by Crippen LogP contribution is 2.40. The zero-order valence-corrected chi connectivity index (χ0v) is 14.3. The Hall–Kier alpha value is -2.06. The third-order valence-corrected chi connectivity index (χ3v) is 4.69. The van der Waals surface area contributed by atoms with Gasteiger partial charge in [-0.15, -0.1) is 0 Å². The molecule has 0 radical (unpaired) electrons. The van der Waals surface area contributed by atoms with Crippen LogP contribution in [-0.4, -0.2) is 51.0 Å². The molecule has 2 aromatic heterocycles. The van der Waals surface area contributed by atoms with E-state index in [9.17, 15) is 13.6 Å². The number of aromatic amines is 1. The van der Waals surface area contributed by atoms with Crippen LogP contribution < -0.4 is 5.32 Å². The lowest BCUT2D eigenvalue weighted by Gasteiger charge is -2.40. The van der Waals surface area contributed by atoms with Gasteiger partial charge in [0.15, 0.2) is 0 Å². The maximum Gasteiger partial charge on any atom is 0.258 e. The summed E-state index contributed by atoms with van der Waals surface area (Å²) in [5, 5.41) is 9.52. The summed E-state index contributed by atoms with van der Waals surface area (Å²) in [4.78, 5) is 18.2. The number of piperidine rings is 1. The number of nitrogens with zero attached hydrogens (tertiary/aromatic N) is 3. The predicted molar refractivity (Wildman–Crippen MR) is 89.8 cm³/mol. The van der Waals surface area contributed by atoms with Crippen molar-refractivity contribution in [3.8, 4) is 0 Å². The third-order valence-electron chi connectivity index (χ3n) is 4.46. The van der Waals surface area contributed by atoms with Gasteiger partial charge in [-0.25, -0.2) is 13.8 Å². The second-order valence-electron chi connectivity index (χ2n) is 6.10. The zero-order chi connectivity index (χ0) is 18.0. The van der Waals surface area contributed by atoms with E-state index in [0.717, 1.165) is 0 Å². The fraction of sp³-hybridized carbons (Fsp3) is 0.438. The molecular formula is C16H18ClF2N5O. The van der Waals surface area contributed by atoms with Crippen molar-refractivity contribution in [2.45, 2.75) is 31.2 Å². The Kier molecular flexibility index (Phi) is 5.01. The smallest absolute Gasteiger partial charge is 0.258 e. The number of hydrogen-bond acceptors (Lipinski definition) is 4. The maximum absolute atomic E-state index is 14.3. The number of nitrogens with one attached hydrogen (secondary N) is 2. The molecule has 1 saturated heterocycles. The molecule has 9 heteroatoms. The van der Waals surface area contributed by atoms with Gasteiger partial charge in [0.1, 0.15) is 5.82 Å². The van der Waals surface area contributed by atoms with Gasteiger partial charge in [0.25, 0.3) is 5.92 Å². The number of carbonyl (C=O) groups excluding carboxylic acids is 1. The van der Waals surface area contributed by atoms with Gasteiger partial charge >= 0.3 is 0 Å². The fourth-order valence-electron chi connectivity index (χ4n) is 2.91. The van der Waals surface area contributed by atoms with Crippen molar-refractivity contribution in [2.75, 3.05) is 18.4 Å². The summed E-state index contributed by atoms with van der Waals surface area (Å²) in [5.41, 5.74) is 0.377. The van der Waals surface area contributed by atoms with Gasteiger partial charge in [0, 0.05) is 37.6 Å². The Morgan fingerprint density at radius 3 is 2.92 bits per heavy atom. The van der Waals surface area contributed by atoms with Crippen LogP contribution in [0.3, 0.4) is 0 Å². The van der Waals surface area contributed by atoms with Crippen LogP contribution in [0.4, 0.5) is 14.6 Å². The van der Waals surface area contributed by atoms with Gasteiger partial charge < -0.3 is 5.32 Å². The lowest BCUT2D eigenvalue weighted by Crippen LogP contribution is -2.52. The molecule has 25 heavy (non-hydrogen) atoms. The van der Waals surface area contributed by atoms with E-state index in [1.807, 2.05) is 0 Å². The summed E-state index contributed by atoms with van der Waals surface area (Å²) in [5.74, 6) is -3.79. The van der Waals surface area contributed by atoms with Gasteiger partial charge in [-0.2, -0.15) is 5.10 Å². The molecule has 0 aliphatic carbocycles. The topological polar surface area (TPSA) is 73.9 Å². The summed E-state index contributed by atoms with van der Waals surface area (Å²) >= 11 is 5.76. The molecule has 134 valence electrons. The molecule has 0 bridgehead atoms. The Morgan fingerprint density at radius 2 is 2.28 bits per heavy atom. The number of hydrogen-bond donors (Lipinski definition) is 2. The second-order valence-corrected chi connectivity index (χ2v) is 6.53. The van der Waals surface area contributed by atoms with E-state index in [-0.39, 0.29) is 25.4 Å². The largest absolute Gasteiger partial charge is 0.309 e. The number of anilines is 1. The van der Waals surface area contributed by atoms with Gasteiger partial charge in [0.2, 0.25) is 5.91 Å². The van der Waals surface area contributed by atoms with E-state index in [0.29, 0.717) is 16.5 Å². The molecule has 1 aliphatic rings. The number of halogens is 3. The highest BCUT2D eigenvalue weighted by molar-refractivity contribution is 6.30. The van der Waals surface area contributed by atoms with Gasteiger partial charge in [0.05, 0.1) is 17.0 Å². The molecular weight excluding hydrogens is 352 g/mol. The van der Waals surface area contributed by atoms with Gasteiger partial charge in [-0.05, 0) is 25.1 Å². The number of amides is 1. The minimum atomic E-state index is -2.84. The summed E-state index contributed by atoms with van der Waals surface area (Å²) in [7, 11) is 0. The molecule has 0 aromatic carbocycles. The number of likely N-dealkylation sites (tertiary alicyclic amines) is 1. The summed E-state index contributed by atoms with van der Waals surface area (Å²) < 4.78 is 28.5. The quantitative estimate of drug-likeness (QED) is 0.869. The first-order chi connectivity index (χ1) is 11.9. The Labute approximate surface area is 148 Å². The standard InChI is InChI=1S/C16H18ClF2N5O/c1-10(15(25)22-14-3-2-11(17)8-20-14)24-7-5-16(18,19)12(9-24)13-4-6-21-23-13/h2-4,6,8,10,12H,5,7,9H2,1H3,(H,21,23)(H,20,22,25)/t10-,12-/m0/s1. The maximum atomic E-state index is 14.3. The lowest BCUT2D eigenvalue weighted by molar-refractivity contribution is -0.125. The van der Waals surface area contributed by atoms with Crippen molar-refractivity contribution in [1.82, 2.24) is 20.1 Å². The first kappa shape index (κ1) is 17.8. The minimum Gasteiger partial charge on any atom is -0.309 e. The summed E-state index contributed by atoms with van der Waals surface area (Å²) in [6.07, 6.45) is 2.57. The van der Waals surface area contributed by atoms with Crippen LogP contribution in [0.1, 0.15) is 25.0 Å². The van der Waals surface area contributed by atoms with Crippen LogP contribution in [0.2, 0.25) is 5.02 Å². The van der Waals surface area contributed by atoms with E-state index in [2.05, 4.69) is 20.5 Å². The van der Waals surface area contributed by atoms with Gasteiger partial charge in [-0.3, -0.25) is 14.8 Å². The van der Waals surface area contributed by atoms with Crippen molar-refractivity contribution < 1.29 is 13.6 Å². The van der Waals surface area contributed by atoms with Crippen LogP contribution >= 0.6 is 11.6 Å². The SMILES string of the molecule is C[C@@H](C(=O)Nc1ccc(Cl)cn1)N1CCC(F)(F)[C@H](c2ccn[nH]2)C1. The molecule has 2 aromatic rings. The second kappa shape index (κ2) is 7.05. The Bertz CT molecular complexity index is 723. The molecule has 1 fully saturated rings. The number of aromatic nitrogens is 3. The number of H-pyrrole nitrogens is 1. The molecule has 3 rings (SSSR count). The number of carbonyl (C=O) groups is 1. The lowest BCUT2D eigenvalue weighted by atomic mass is 9.90. The molecule has 2 N–H and O–H groups in total. The van der Waals surface area contributed by atoms with Crippen LogP contribution in [0.5, 0.6) is 0 Å². The van der Waals surface area contributed by atoms with Crippen molar-refractivity contribution in [2.24, 2.45) is 0 Å². The Morgan fingerprint density at radius 1 is 1.48 bits per heavy atom. The molecule has 1 aliphatic heterocycles. The van der Waals surface area contributed by atoms with E-state index in [1.54, 1.807) is 30.0 Å². The fourth-order valence-corrected chi connectivity index (χ4v) is 3.02. The third kappa shape index (κ3) is 3.96. The van der Waals surface area contributed by atoms with Crippen LogP contribution in [-0.2, 0) is 4.79 Å². The van der Waals surface area contributed by atoms with Gasteiger partial charge in [-0.1, -0.05) is 11.6 Å². The number of alkyl halides is 2. The summed E-state index contributed by atoms with van der Waals surface area (Å²) in [6, 6.07) is 4.18. The first-order valence-corrected chi connectivity index (χ1v) is 8.28. The molecule has 1 amide bonds. The van der Waals surface area contributed by atoms with E-state index in [1.165, 1.54) is 12.4 Å². The van der Waals surface area contributed by atoms with Crippen LogP contribution in [0, 0.1) is 0 Å². The summed E-state index contributed by atoms with van der Waals surface area (Å²) in [6.45, 7) is 1.90. The number of rotatable bonds is 4. The van der Waals surface area contributed by atoms with E-state index < -0.39 is 17.9 Å². The van der Waals surface area contributed by atoms with Crippen molar-refractivity contribution in [1.29, 1.82) is 0 Å². The van der Waals surface area contributed by atoms with Crippen LogP contribution in [0.25, 0.3) is 0 Å². The predicted octanol–water partition coefficient (Wildman–Crippen LogP) is 2.91. The molecule has 0 spiro atoms. The van der Waals surface area contributed by atoms with E-state index in [4.69, 9.17) is 11.6 Å². The Balaban J connectivity index is 1.68. The van der Waals surface area contributed by atoms with Crippen LogP contribution in [0.15, 0.2) is 30.6 Å². The van der Waals surface area contributed by atoms with E-state index >= 15 is 0 Å². The zero-order valence-electron chi connectivity index (χ0n) is 13.5. The first-order valence-electron chi connectivity index (χ1n) is 7.90. The molecule has 0 saturated carbocycles. The number of pyridine rings is 1. The highest BCUT2D eigenvalue weighted by Gasteiger charge is 2.47. The highest BCUT2D eigenvalue weighted by atomic mass is 35.5. The van der Waals surface area contributed by atoms with Crippen molar-refractivity contribution in [3.63, 3.8) is 0 Å². The average molecular weight is 370 g/mol. The molecule has 0 unspecified atom stereocenters. The normalized spacial score (nSPS) is 21.7. The molecule has 3 heterocycles. The van der Waals surface area contributed by atoms with Crippen molar-refractivity contribution >= 4 is 23.3 Å². The minimum absolute atomic E-state index is 0.0673. The average Bonchev–Trinajstić information content (AvgIpc) is 3.10. The monoisotopic (exact) mass is 369 g/mol.